The maximum absolute atomic E-state index is 12.5. The minimum atomic E-state index is -0.174. The normalized spacial score (nSPS) is 15.4. The topological polar surface area (TPSA) is 68.5 Å². The van der Waals surface area contributed by atoms with E-state index in [0.29, 0.717) is 23.4 Å². The molecule has 1 fully saturated rings. The largest absolute Gasteiger partial charge is 0.372 e. The van der Waals surface area contributed by atoms with Crippen LogP contribution in [0.2, 0.25) is 0 Å². The van der Waals surface area contributed by atoms with Crippen LogP contribution < -0.4 is 5.32 Å². The van der Waals surface area contributed by atoms with E-state index in [0.717, 1.165) is 29.9 Å². The number of ether oxygens (including phenoxy) is 1. The molecule has 1 N–H and O–H groups in total. The van der Waals surface area contributed by atoms with Crippen LogP contribution in [0.3, 0.4) is 0 Å². The Bertz CT molecular complexity index is 943. The van der Waals surface area contributed by atoms with Gasteiger partial charge in [0.25, 0.3) is 5.91 Å². The maximum atomic E-state index is 12.5. The van der Waals surface area contributed by atoms with Gasteiger partial charge in [0.05, 0.1) is 24.1 Å². The van der Waals surface area contributed by atoms with Crippen molar-refractivity contribution >= 4 is 28.0 Å². The Morgan fingerprint density at radius 3 is 2.89 bits per heavy atom. The lowest BCUT2D eigenvalue weighted by molar-refractivity contribution is 0.0145. The van der Waals surface area contributed by atoms with Crippen molar-refractivity contribution in [3.63, 3.8) is 0 Å². The Morgan fingerprint density at radius 1 is 1.36 bits per heavy atom. The van der Waals surface area contributed by atoms with Crippen molar-refractivity contribution in [3.05, 3.63) is 46.9 Å². The summed E-state index contributed by atoms with van der Waals surface area (Å²) in [7, 11) is 0. The first-order valence-corrected chi connectivity index (χ1v) is 10.8. The van der Waals surface area contributed by atoms with E-state index in [1.165, 1.54) is 30.6 Å². The van der Waals surface area contributed by atoms with Crippen LogP contribution in [-0.2, 0) is 11.3 Å². The molecule has 1 amide bonds. The van der Waals surface area contributed by atoms with Crippen molar-refractivity contribution < 1.29 is 9.53 Å². The summed E-state index contributed by atoms with van der Waals surface area (Å²) in [5.41, 5.74) is 3.47. The van der Waals surface area contributed by atoms with Gasteiger partial charge in [-0.05, 0) is 30.9 Å². The van der Waals surface area contributed by atoms with Crippen LogP contribution in [0.25, 0.3) is 5.65 Å². The molecule has 0 bridgehead atoms. The van der Waals surface area contributed by atoms with Gasteiger partial charge in [0.2, 0.25) is 0 Å². The van der Waals surface area contributed by atoms with Crippen LogP contribution in [0.15, 0.2) is 29.9 Å². The highest BCUT2D eigenvalue weighted by Gasteiger charge is 2.20. The smallest absolute Gasteiger partial charge is 0.257 e. The zero-order chi connectivity index (χ0) is 19.5. The summed E-state index contributed by atoms with van der Waals surface area (Å²) in [4.78, 5) is 21.4. The van der Waals surface area contributed by atoms with E-state index in [2.05, 4.69) is 28.5 Å². The molecule has 0 aliphatic heterocycles. The Labute approximate surface area is 169 Å². The van der Waals surface area contributed by atoms with Crippen molar-refractivity contribution in [3.8, 4) is 0 Å². The fraction of sp³-hybridized carbons (Fsp3) is 0.476. The van der Waals surface area contributed by atoms with Gasteiger partial charge in [0.1, 0.15) is 5.65 Å². The monoisotopic (exact) mass is 398 g/mol. The number of imidazole rings is 1. The highest BCUT2D eigenvalue weighted by atomic mass is 32.1. The molecule has 3 aromatic rings. The fourth-order valence-electron chi connectivity index (χ4n) is 3.74. The number of nitrogens with zero attached hydrogens (tertiary/aromatic N) is 3. The molecule has 0 spiro atoms. The van der Waals surface area contributed by atoms with E-state index in [-0.39, 0.29) is 11.8 Å². The van der Waals surface area contributed by atoms with Gasteiger partial charge in [0.15, 0.2) is 5.13 Å². The van der Waals surface area contributed by atoms with Crippen LogP contribution in [0, 0.1) is 0 Å². The second-order valence-electron chi connectivity index (χ2n) is 7.60. The summed E-state index contributed by atoms with van der Waals surface area (Å²) >= 11 is 1.40. The average molecular weight is 399 g/mol. The number of anilines is 1. The zero-order valence-corrected chi connectivity index (χ0v) is 17.2. The van der Waals surface area contributed by atoms with Crippen molar-refractivity contribution in [1.29, 1.82) is 0 Å². The molecule has 0 radical (unpaired) electrons. The number of hydrogen-bond acceptors (Lipinski definition) is 5. The van der Waals surface area contributed by atoms with Gasteiger partial charge in [-0.3, -0.25) is 10.1 Å². The fourth-order valence-corrected chi connectivity index (χ4v) is 4.27. The molecule has 0 saturated heterocycles. The molecule has 3 heterocycles. The van der Waals surface area contributed by atoms with E-state index in [4.69, 9.17) is 9.72 Å². The van der Waals surface area contributed by atoms with E-state index in [1.54, 1.807) is 6.20 Å². The third kappa shape index (κ3) is 4.10. The second-order valence-corrected chi connectivity index (χ2v) is 8.50. The predicted molar refractivity (Wildman–Crippen MR) is 111 cm³/mol. The van der Waals surface area contributed by atoms with Crippen LogP contribution in [-0.4, -0.2) is 26.4 Å². The number of pyridine rings is 1. The predicted octanol–water partition coefficient (Wildman–Crippen LogP) is 5.02. The molecule has 0 aromatic carbocycles. The molecule has 0 unspecified atom stereocenters. The molecule has 4 rings (SSSR count). The number of nitrogens with one attached hydrogen (secondary N) is 1. The summed E-state index contributed by atoms with van der Waals surface area (Å²) in [5.74, 6) is 0.115. The third-order valence-corrected chi connectivity index (χ3v) is 5.91. The highest BCUT2D eigenvalue weighted by Crippen LogP contribution is 2.26. The molecule has 148 valence electrons. The summed E-state index contributed by atoms with van der Waals surface area (Å²) in [5, 5.41) is 5.25. The van der Waals surface area contributed by atoms with Crippen LogP contribution in [0.4, 0.5) is 5.13 Å². The van der Waals surface area contributed by atoms with Crippen LogP contribution in [0.5, 0.6) is 0 Å². The van der Waals surface area contributed by atoms with Crippen molar-refractivity contribution in [2.75, 3.05) is 5.32 Å². The average Bonchev–Trinajstić information content (AvgIpc) is 3.34. The minimum Gasteiger partial charge on any atom is -0.372 e. The summed E-state index contributed by atoms with van der Waals surface area (Å²) < 4.78 is 8.28. The molecule has 1 aliphatic carbocycles. The quantitative estimate of drug-likeness (QED) is 0.633. The third-order valence-electron chi connectivity index (χ3n) is 5.23. The van der Waals surface area contributed by atoms with E-state index >= 15 is 0 Å². The molecule has 7 heteroatoms. The standard InChI is InChI=1S/C21H26N4O2S/c1-14(2)19-17(13-27-16-6-4-3-5-7-16)25-10-8-15(12-18(25)23-19)20(26)24-21-22-9-11-28-21/h8-12,14,16H,3-7,13H2,1-2H3,(H,22,24,26). The second kappa shape index (κ2) is 8.41. The van der Waals surface area contributed by atoms with Gasteiger partial charge in [-0.25, -0.2) is 9.97 Å². The molecule has 0 atom stereocenters. The molecule has 3 aromatic heterocycles. The summed E-state index contributed by atoms with van der Waals surface area (Å²) in [6.07, 6.45) is 10.1. The molecule has 1 aliphatic rings. The molecule has 28 heavy (non-hydrogen) atoms. The molecule has 6 nitrogen and oxygen atoms in total. The maximum Gasteiger partial charge on any atom is 0.257 e. The number of carbonyl (C=O) groups is 1. The number of thiazole rings is 1. The Morgan fingerprint density at radius 2 is 2.18 bits per heavy atom. The summed E-state index contributed by atoms with van der Waals surface area (Å²) in [6, 6.07) is 3.66. The number of hydrogen-bond donors (Lipinski definition) is 1. The van der Waals surface area contributed by atoms with Crippen molar-refractivity contribution in [1.82, 2.24) is 14.4 Å². The minimum absolute atomic E-state index is 0.174. The number of carbonyl (C=O) groups excluding carboxylic acids is 1. The van der Waals surface area contributed by atoms with Gasteiger partial charge >= 0.3 is 0 Å². The zero-order valence-electron chi connectivity index (χ0n) is 16.4. The van der Waals surface area contributed by atoms with Crippen LogP contribution in [0.1, 0.15) is 73.6 Å². The first-order valence-electron chi connectivity index (χ1n) is 9.95. The van der Waals surface area contributed by atoms with E-state index in [9.17, 15) is 4.79 Å². The van der Waals surface area contributed by atoms with Gasteiger partial charge in [-0.15, -0.1) is 11.3 Å². The Kier molecular flexibility index (Phi) is 5.73. The number of amides is 1. The van der Waals surface area contributed by atoms with Crippen LogP contribution >= 0.6 is 11.3 Å². The Balaban J connectivity index is 1.57. The van der Waals surface area contributed by atoms with Crippen molar-refractivity contribution in [2.24, 2.45) is 0 Å². The van der Waals surface area contributed by atoms with Gasteiger partial charge in [-0.1, -0.05) is 33.1 Å². The van der Waals surface area contributed by atoms with E-state index < -0.39 is 0 Å². The SMILES string of the molecule is CC(C)c1nc2cc(C(=O)Nc3nccs3)ccn2c1COC1CCCCC1. The molecular formula is C21H26N4O2S. The number of fused-ring (bicyclic) bond motifs is 1. The first kappa shape index (κ1) is 19.1. The number of rotatable bonds is 6. The molecule has 1 saturated carbocycles. The van der Waals surface area contributed by atoms with Gasteiger partial charge < -0.3 is 9.14 Å². The van der Waals surface area contributed by atoms with Crippen molar-refractivity contribution in [2.45, 2.75) is 64.6 Å². The lowest BCUT2D eigenvalue weighted by atomic mass is 9.98. The molecular weight excluding hydrogens is 372 g/mol. The summed E-state index contributed by atoms with van der Waals surface area (Å²) in [6.45, 7) is 4.84. The first-order chi connectivity index (χ1) is 13.6. The highest BCUT2D eigenvalue weighted by molar-refractivity contribution is 7.13. The lowest BCUT2D eigenvalue weighted by Gasteiger charge is -2.22. The number of aromatic nitrogens is 3. The van der Waals surface area contributed by atoms with E-state index in [1.807, 2.05) is 23.7 Å². The van der Waals surface area contributed by atoms with Gasteiger partial charge in [-0.2, -0.15) is 0 Å². The van der Waals surface area contributed by atoms with Gasteiger partial charge in [0, 0.05) is 23.3 Å². The Hall–Kier alpha value is -2.25. The lowest BCUT2D eigenvalue weighted by Crippen LogP contribution is -2.17.